The molecule has 0 aliphatic rings. The van der Waals surface area contributed by atoms with Crippen molar-refractivity contribution >= 4 is 22.9 Å². The first-order valence-electron chi connectivity index (χ1n) is 7.08. The van der Waals surface area contributed by atoms with Crippen LogP contribution >= 0.6 is 12.2 Å². The molecule has 0 aromatic heterocycles. The first-order chi connectivity index (χ1) is 8.94. The number of anilines is 1. The van der Waals surface area contributed by atoms with Gasteiger partial charge in [0.2, 0.25) is 0 Å². The van der Waals surface area contributed by atoms with Gasteiger partial charge < -0.3 is 11.1 Å². The predicted molar refractivity (Wildman–Crippen MR) is 88.7 cm³/mol. The van der Waals surface area contributed by atoms with Crippen LogP contribution in [0.15, 0.2) is 24.3 Å². The molecule has 3 heteroatoms. The zero-order chi connectivity index (χ0) is 14.3. The number of hydrogen-bond donors (Lipinski definition) is 2. The Balaban J connectivity index is 2.44. The highest BCUT2D eigenvalue weighted by atomic mass is 32.1. The molecule has 0 heterocycles. The Bertz CT molecular complexity index is 396. The fourth-order valence-corrected chi connectivity index (χ4v) is 2.17. The summed E-state index contributed by atoms with van der Waals surface area (Å²) in [6, 6.07) is 8.01. The summed E-state index contributed by atoms with van der Waals surface area (Å²) in [6.07, 6.45) is 5.18. The van der Waals surface area contributed by atoms with E-state index in [1.165, 1.54) is 25.7 Å². The van der Waals surface area contributed by atoms with Gasteiger partial charge >= 0.3 is 0 Å². The SMILES string of the molecule is CCCCCC(C)(C)CNc1ccc(C(N)=S)cc1. The highest BCUT2D eigenvalue weighted by Crippen LogP contribution is 2.24. The van der Waals surface area contributed by atoms with Crippen LogP contribution in [0.25, 0.3) is 0 Å². The molecule has 0 bridgehead atoms. The van der Waals surface area contributed by atoms with Crippen molar-refractivity contribution in [2.75, 3.05) is 11.9 Å². The predicted octanol–water partition coefficient (Wildman–Crippen LogP) is 4.34. The van der Waals surface area contributed by atoms with Crippen LogP contribution in [0, 0.1) is 5.41 Å². The quantitative estimate of drug-likeness (QED) is 0.549. The van der Waals surface area contributed by atoms with E-state index < -0.39 is 0 Å². The summed E-state index contributed by atoms with van der Waals surface area (Å²) in [4.78, 5) is 0.450. The van der Waals surface area contributed by atoms with Crippen LogP contribution in [-0.2, 0) is 0 Å². The molecule has 1 rings (SSSR count). The van der Waals surface area contributed by atoms with Crippen LogP contribution in [0.3, 0.4) is 0 Å². The third-order valence-electron chi connectivity index (χ3n) is 3.40. The van der Waals surface area contributed by atoms with Gasteiger partial charge in [-0.05, 0) is 36.1 Å². The second kappa shape index (κ2) is 7.49. The Labute approximate surface area is 122 Å². The minimum atomic E-state index is 0.330. The molecule has 0 aliphatic carbocycles. The maximum atomic E-state index is 5.59. The van der Waals surface area contributed by atoms with Gasteiger partial charge in [-0.1, -0.05) is 52.3 Å². The molecule has 19 heavy (non-hydrogen) atoms. The van der Waals surface area contributed by atoms with Crippen molar-refractivity contribution in [3.8, 4) is 0 Å². The van der Waals surface area contributed by atoms with E-state index in [-0.39, 0.29) is 0 Å². The van der Waals surface area contributed by atoms with Gasteiger partial charge in [0.25, 0.3) is 0 Å². The second-order valence-corrected chi connectivity index (χ2v) is 6.36. The maximum Gasteiger partial charge on any atom is 0.103 e. The summed E-state index contributed by atoms with van der Waals surface area (Å²) in [5.74, 6) is 0. The first-order valence-corrected chi connectivity index (χ1v) is 7.49. The number of benzene rings is 1. The minimum absolute atomic E-state index is 0.330. The number of thiocarbonyl (C=S) groups is 1. The molecule has 0 amide bonds. The molecule has 2 nitrogen and oxygen atoms in total. The van der Waals surface area contributed by atoms with E-state index >= 15 is 0 Å². The maximum absolute atomic E-state index is 5.59. The van der Waals surface area contributed by atoms with Gasteiger partial charge in [-0.2, -0.15) is 0 Å². The summed E-state index contributed by atoms with van der Waals surface area (Å²) >= 11 is 4.95. The van der Waals surface area contributed by atoms with E-state index in [1.807, 2.05) is 24.3 Å². The van der Waals surface area contributed by atoms with Crippen molar-refractivity contribution in [1.82, 2.24) is 0 Å². The Morgan fingerprint density at radius 2 is 1.84 bits per heavy atom. The highest BCUT2D eigenvalue weighted by molar-refractivity contribution is 7.80. The van der Waals surface area contributed by atoms with Crippen LogP contribution < -0.4 is 11.1 Å². The van der Waals surface area contributed by atoms with Crippen LogP contribution in [0.2, 0.25) is 0 Å². The molecule has 1 aromatic rings. The van der Waals surface area contributed by atoms with Crippen LogP contribution in [0.4, 0.5) is 5.69 Å². The first kappa shape index (κ1) is 16.0. The van der Waals surface area contributed by atoms with Crippen molar-refractivity contribution in [1.29, 1.82) is 0 Å². The van der Waals surface area contributed by atoms with E-state index in [0.29, 0.717) is 10.4 Å². The summed E-state index contributed by atoms with van der Waals surface area (Å²) < 4.78 is 0. The molecule has 0 atom stereocenters. The van der Waals surface area contributed by atoms with Crippen molar-refractivity contribution in [2.45, 2.75) is 46.5 Å². The number of nitrogens with two attached hydrogens (primary N) is 1. The molecule has 0 saturated heterocycles. The summed E-state index contributed by atoms with van der Waals surface area (Å²) in [7, 11) is 0. The lowest BCUT2D eigenvalue weighted by Gasteiger charge is -2.25. The summed E-state index contributed by atoms with van der Waals surface area (Å²) in [5, 5.41) is 3.49. The van der Waals surface area contributed by atoms with Gasteiger partial charge in [0.15, 0.2) is 0 Å². The van der Waals surface area contributed by atoms with Gasteiger partial charge in [0.05, 0.1) is 0 Å². The van der Waals surface area contributed by atoms with Gasteiger partial charge in [-0.3, -0.25) is 0 Å². The summed E-state index contributed by atoms with van der Waals surface area (Å²) in [6.45, 7) is 7.87. The number of rotatable bonds is 8. The second-order valence-electron chi connectivity index (χ2n) is 5.92. The lowest BCUT2D eigenvalue weighted by Crippen LogP contribution is -2.23. The van der Waals surface area contributed by atoms with E-state index in [0.717, 1.165) is 17.8 Å². The minimum Gasteiger partial charge on any atom is -0.389 e. The van der Waals surface area contributed by atoms with Gasteiger partial charge in [-0.25, -0.2) is 0 Å². The Morgan fingerprint density at radius 3 is 2.37 bits per heavy atom. The summed E-state index contributed by atoms with van der Waals surface area (Å²) in [5.41, 5.74) is 7.96. The average molecular weight is 278 g/mol. The van der Waals surface area contributed by atoms with Crippen LogP contribution in [-0.4, -0.2) is 11.5 Å². The molecular formula is C16H26N2S. The molecule has 106 valence electrons. The topological polar surface area (TPSA) is 38.0 Å². The molecule has 0 unspecified atom stereocenters. The third-order valence-corrected chi connectivity index (χ3v) is 3.63. The van der Waals surface area contributed by atoms with Crippen molar-refractivity contribution in [3.63, 3.8) is 0 Å². The van der Waals surface area contributed by atoms with Crippen molar-refractivity contribution in [2.24, 2.45) is 11.1 Å². The fraction of sp³-hybridized carbons (Fsp3) is 0.562. The van der Waals surface area contributed by atoms with E-state index in [9.17, 15) is 0 Å². The zero-order valence-corrected chi connectivity index (χ0v) is 13.1. The van der Waals surface area contributed by atoms with Crippen molar-refractivity contribution < 1.29 is 0 Å². The fourth-order valence-electron chi connectivity index (χ4n) is 2.04. The molecule has 0 radical (unpaired) electrons. The molecule has 3 N–H and O–H groups in total. The smallest absolute Gasteiger partial charge is 0.103 e. The van der Waals surface area contributed by atoms with E-state index in [4.69, 9.17) is 18.0 Å². The third kappa shape index (κ3) is 6.06. The molecule has 0 saturated carbocycles. The Hall–Kier alpha value is -1.09. The normalized spacial score (nSPS) is 11.3. The molecular weight excluding hydrogens is 252 g/mol. The zero-order valence-electron chi connectivity index (χ0n) is 12.3. The standard InChI is InChI=1S/C16H26N2S/c1-4-5-6-11-16(2,3)12-18-14-9-7-13(8-10-14)15(17)19/h7-10,18H,4-6,11-12H2,1-3H3,(H2,17,19). The molecule has 0 fully saturated rings. The monoisotopic (exact) mass is 278 g/mol. The van der Waals surface area contributed by atoms with Gasteiger partial charge in [0, 0.05) is 17.8 Å². The van der Waals surface area contributed by atoms with Crippen molar-refractivity contribution in [3.05, 3.63) is 29.8 Å². The van der Waals surface area contributed by atoms with Gasteiger partial charge in [-0.15, -0.1) is 0 Å². The molecule has 0 aliphatic heterocycles. The lowest BCUT2D eigenvalue weighted by molar-refractivity contribution is 0.342. The molecule has 0 spiro atoms. The van der Waals surface area contributed by atoms with Crippen LogP contribution in [0.1, 0.15) is 52.0 Å². The number of nitrogens with one attached hydrogen (secondary N) is 1. The Morgan fingerprint density at radius 1 is 1.21 bits per heavy atom. The van der Waals surface area contributed by atoms with E-state index in [2.05, 4.69) is 26.1 Å². The lowest BCUT2D eigenvalue weighted by atomic mass is 9.87. The van der Waals surface area contributed by atoms with Gasteiger partial charge in [0.1, 0.15) is 4.99 Å². The number of unbranched alkanes of at least 4 members (excludes halogenated alkanes) is 2. The largest absolute Gasteiger partial charge is 0.389 e. The Kier molecular flexibility index (Phi) is 6.29. The van der Waals surface area contributed by atoms with Crippen LogP contribution in [0.5, 0.6) is 0 Å². The molecule has 1 aromatic carbocycles. The number of hydrogen-bond acceptors (Lipinski definition) is 2. The van der Waals surface area contributed by atoms with E-state index in [1.54, 1.807) is 0 Å². The average Bonchev–Trinajstić information content (AvgIpc) is 2.37. The highest BCUT2D eigenvalue weighted by Gasteiger charge is 2.16.